The molecule has 0 heterocycles. The van der Waals surface area contributed by atoms with E-state index in [1.165, 1.54) is 6.08 Å². The Bertz CT molecular complexity index is 197. The van der Waals surface area contributed by atoms with E-state index >= 15 is 0 Å². The molecule has 0 aromatic heterocycles. The second-order valence-corrected chi connectivity index (χ2v) is 2.69. The fourth-order valence-corrected chi connectivity index (χ4v) is 0.977. The number of nitrogens with two attached hydrogens (primary N) is 1. The van der Waals surface area contributed by atoms with Crippen molar-refractivity contribution in [2.45, 2.75) is 24.4 Å². The van der Waals surface area contributed by atoms with E-state index in [2.05, 4.69) is 0 Å². The molecule has 0 radical (unpaired) electrons. The van der Waals surface area contributed by atoms with E-state index in [9.17, 15) is 0 Å². The molecule has 0 amide bonds. The number of hydrogen-bond donors (Lipinski definition) is 5. The normalized spacial score (nSPS) is 27.8. The minimum atomic E-state index is -2.72. The zero-order valence-corrected chi connectivity index (χ0v) is 5.86. The number of rotatable bonds is 0. The van der Waals surface area contributed by atoms with Crippen LogP contribution < -0.4 is 5.73 Å². The minimum Gasteiger partial charge on any atom is -0.398 e. The van der Waals surface area contributed by atoms with Crippen LogP contribution in [0.4, 0.5) is 0 Å². The smallest absolute Gasteiger partial charge is 0.260 e. The molecule has 0 aromatic rings. The molecule has 0 saturated heterocycles. The second kappa shape index (κ2) is 2.18. The Labute approximate surface area is 63.4 Å². The summed E-state index contributed by atoms with van der Waals surface area (Å²) < 4.78 is 0. The number of allylic oxidation sites excluding steroid dienone is 1. The van der Waals surface area contributed by atoms with Crippen molar-refractivity contribution in [1.29, 1.82) is 0 Å². The van der Waals surface area contributed by atoms with E-state index in [1.54, 1.807) is 0 Å². The van der Waals surface area contributed by atoms with Crippen LogP contribution in [0.5, 0.6) is 0 Å². The van der Waals surface area contributed by atoms with Crippen molar-refractivity contribution in [3.8, 4) is 0 Å². The molecule has 1 rings (SSSR count). The summed E-state index contributed by atoms with van der Waals surface area (Å²) >= 11 is 0. The highest BCUT2D eigenvalue weighted by atomic mass is 16.6. The van der Waals surface area contributed by atoms with Crippen molar-refractivity contribution in [2.75, 3.05) is 0 Å². The Balaban J connectivity index is 3.00. The predicted molar refractivity (Wildman–Crippen MR) is 35.8 cm³/mol. The molecular formula is C6H11NO4. The molecule has 0 spiro atoms. The van der Waals surface area contributed by atoms with Gasteiger partial charge in [-0.3, -0.25) is 0 Å². The van der Waals surface area contributed by atoms with E-state index in [4.69, 9.17) is 26.2 Å². The fourth-order valence-electron chi connectivity index (χ4n) is 0.977. The largest absolute Gasteiger partial charge is 0.398 e. The quantitative estimate of drug-likeness (QED) is 0.264. The molecule has 0 atom stereocenters. The summed E-state index contributed by atoms with van der Waals surface area (Å²) in [6.45, 7) is 0. The Morgan fingerprint density at radius 1 is 1.27 bits per heavy atom. The van der Waals surface area contributed by atoms with Gasteiger partial charge in [0, 0.05) is 6.42 Å². The Hall–Kier alpha value is -0.620. The Morgan fingerprint density at radius 2 is 1.82 bits per heavy atom. The predicted octanol–water partition coefficient (Wildman–Crippen LogP) is -2.02. The van der Waals surface area contributed by atoms with Crippen LogP contribution in [0.3, 0.4) is 0 Å². The SMILES string of the molecule is NC1=CCCC(O)(O)C1(O)O. The van der Waals surface area contributed by atoms with Crippen LogP contribution in [0.1, 0.15) is 12.8 Å². The van der Waals surface area contributed by atoms with E-state index in [-0.39, 0.29) is 12.1 Å². The summed E-state index contributed by atoms with van der Waals surface area (Å²) in [4.78, 5) is 0. The van der Waals surface area contributed by atoms with Crippen LogP contribution in [0.25, 0.3) is 0 Å². The minimum absolute atomic E-state index is 0.138. The van der Waals surface area contributed by atoms with Crippen LogP contribution in [-0.2, 0) is 0 Å². The molecule has 11 heavy (non-hydrogen) atoms. The number of hydrogen-bond acceptors (Lipinski definition) is 5. The van der Waals surface area contributed by atoms with E-state index < -0.39 is 11.6 Å². The van der Waals surface area contributed by atoms with Crippen molar-refractivity contribution < 1.29 is 20.4 Å². The van der Waals surface area contributed by atoms with Crippen molar-refractivity contribution in [3.63, 3.8) is 0 Å². The van der Waals surface area contributed by atoms with Gasteiger partial charge in [-0.15, -0.1) is 0 Å². The van der Waals surface area contributed by atoms with Crippen LogP contribution >= 0.6 is 0 Å². The third-order valence-corrected chi connectivity index (χ3v) is 1.82. The lowest BCUT2D eigenvalue weighted by Crippen LogP contribution is -2.58. The molecule has 0 unspecified atom stereocenters. The molecule has 0 bridgehead atoms. The molecule has 1 aliphatic rings. The molecule has 0 saturated carbocycles. The van der Waals surface area contributed by atoms with Crippen molar-refractivity contribution in [2.24, 2.45) is 5.73 Å². The Morgan fingerprint density at radius 3 is 2.18 bits per heavy atom. The van der Waals surface area contributed by atoms with Crippen molar-refractivity contribution >= 4 is 0 Å². The van der Waals surface area contributed by atoms with Gasteiger partial charge in [0.15, 0.2) is 0 Å². The van der Waals surface area contributed by atoms with Gasteiger partial charge in [-0.25, -0.2) is 0 Å². The zero-order valence-electron chi connectivity index (χ0n) is 5.86. The molecule has 0 aliphatic heterocycles. The summed E-state index contributed by atoms with van der Waals surface area (Å²) in [6.07, 6.45) is 1.53. The molecular weight excluding hydrogens is 150 g/mol. The maximum absolute atomic E-state index is 9.03. The lowest BCUT2D eigenvalue weighted by Gasteiger charge is -2.37. The highest BCUT2D eigenvalue weighted by Crippen LogP contribution is 2.31. The van der Waals surface area contributed by atoms with Gasteiger partial charge in [-0.05, 0) is 6.42 Å². The monoisotopic (exact) mass is 161 g/mol. The zero-order chi connectivity index (χ0) is 8.70. The summed E-state index contributed by atoms with van der Waals surface area (Å²) in [5.41, 5.74) is 4.80. The Kier molecular flexibility index (Phi) is 1.68. The lowest BCUT2D eigenvalue weighted by atomic mass is 9.92. The molecule has 5 nitrogen and oxygen atoms in total. The molecule has 0 fully saturated rings. The molecule has 5 heteroatoms. The third-order valence-electron chi connectivity index (χ3n) is 1.82. The van der Waals surface area contributed by atoms with Crippen LogP contribution in [0.15, 0.2) is 11.8 Å². The van der Waals surface area contributed by atoms with Gasteiger partial charge in [0.25, 0.3) is 5.79 Å². The third kappa shape index (κ3) is 1.12. The lowest BCUT2D eigenvalue weighted by molar-refractivity contribution is -0.343. The molecule has 64 valence electrons. The van der Waals surface area contributed by atoms with Gasteiger partial charge >= 0.3 is 0 Å². The fraction of sp³-hybridized carbons (Fsp3) is 0.667. The van der Waals surface area contributed by atoms with Crippen molar-refractivity contribution in [3.05, 3.63) is 11.8 Å². The maximum atomic E-state index is 9.03. The first-order valence-corrected chi connectivity index (χ1v) is 3.23. The van der Waals surface area contributed by atoms with Gasteiger partial charge in [0.2, 0.25) is 5.79 Å². The average Bonchev–Trinajstić information content (AvgIpc) is 1.84. The van der Waals surface area contributed by atoms with Crippen LogP contribution in [-0.4, -0.2) is 32.0 Å². The standard InChI is InChI=1S/C6H11NO4/c7-4-2-1-3-5(8,9)6(4,10)11/h2,8-11H,1,3,7H2. The number of aliphatic hydroxyl groups is 4. The van der Waals surface area contributed by atoms with Gasteiger partial charge in [0.1, 0.15) is 0 Å². The van der Waals surface area contributed by atoms with E-state index in [0.717, 1.165) is 0 Å². The van der Waals surface area contributed by atoms with Crippen LogP contribution in [0.2, 0.25) is 0 Å². The first-order chi connectivity index (χ1) is 4.88. The van der Waals surface area contributed by atoms with E-state index in [0.29, 0.717) is 6.42 Å². The van der Waals surface area contributed by atoms with Crippen molar-refractivity contribution in [1.82, 2.24) is 0 Å². The molecule has 1 aliphatic carbocycles. The van der Waals surface area contributed by atoms with Gasteiger partial charge in [-0.1, -0.05) is 6.08 Å². The second-order valence-electron chi connectivity index (χ2n) is 2.69. The average molecular weight is 161 g/mol. The molecule has 0 aromatic carbocycles. The highest BCUT2D eigenvalue weighted by molar-refractivity contribution is 5.16. The first-order valence-electron chi connectivity index (χ1n) is 3.23. The topological polar surface area (TPSA) is 107 Å². The van der Waals surface area contributed by atoms with Crippen LogP contribution in [0, 0.1) is 0 Å². The summed E-state index contributed by atoms with van der Waals surface area (Å²) in [7, 11) is 0. The van der Waals surface area contributed by atoms with Gasteiger partial charge < -0.3 is 26.2 Å². The first kappa shape index (κ1) is 8.48. The summed E-state index contributed by atoms with van der Waals surface area (Å²) in [6, 6.07) is 0. The van der Waals surface area contributed by atoms with E-state index in [1.807, 2.05) is 0 Å². The van der Waals surface area contributed by atoms with Gasteiger partial charge in [-0.2, -0.15) is 0 Å². The maximum Gasteiger partial charge on any atom is 0.260 e. The van der Waals surface area contributed by atoms with Gasteiger partial charge in [0.05, 0.1) is 5.70 Å². The summed E-state index contributed by atoms with van der Waals surface area (Å²) in [5.74, 6) is -5.25. The molecule has 6 N–H and O–H groups in total. The summed E-state index contributed by atoms with van der Waals surface area (Å²) in [5, 5.41) is 36.1. The highest BCUT2D eigenvalue weighted by Gasteiger charge is 2.50.